The SMILES string of the molecule is COC(=O)c1ccc([C@@H]2N(Cc3ccccc3)c3ccccc3C(=O)N2c2ccc(C)cc2)cc1. The van der Waals surface area contributed by atoms with E-state index in [2.05, 4.69) is 17.0 Å². The number of carbonyl (C=O) groups excluding carboxylic acids is 2. The number of carbonyl (C=O) groups is 2. The van der Waals surface area contributed by atoms with Crippen molar-refractivity contribution in [2.45, 2.75) is 19.6 Å². The Labute approximate surface area is 205 Å². The summed E-state index contributed by atoms with van der Waals surface area (Å²) < 4.78 is 4.87. The van der Waals surface area contributed by atoms with Crippen molar-refractivity contribution in [2.24, 2.45) is 0 Å². The highest BCUT2D eigenvalue weighted by atomic mass is 16.5. The molecule has 5 heteroatoms. The maximum Gasteiger partial charge on any atom is 0.337 e. The van der Waals surface area contributed by atoms with E-state index < -0.39 is 12.1 Å². The first-order valence-electron chi connectivity index (χ1n) is 11.5. The summed E-state index contributed by atoms with van der Waals surface area (Å²) in [6.45, 7) is 2.64. The van der Waals surface area contributed by atoms with Crippen LogP contribution in [0.1, 0.15) is 43.6 Å². The third-order valence-electron chi connectivity index (χ3n) is 6.34. The van der Waals surface area contributed by atoms with E-state index >= 15 is 0 Å². The number of fused-ring (bicyclic) bond motifs is 1. The number of ether oxygens (including phenoxy) is 1. The molecule has 0 saturated carbocycles. The van der Waals surface area contributed by atoms with Crippen LogP contribution >= 0.6 is 0 Å². The Kier molecular flexibility index (Phi) is 6.06. The van der Waals surface area contributed by atoms with Gasteiger partial charge >= 0.3 is 5.97 Å². The van der Waals surface area contributed by atoms with E-state index in [1.807, 2.05) is 90.7 Å². The maximum absolute atomic E-state index is 13.9. The van der Waals surface area contributed by atoms with E-state index in [1.165, 1.54) is 7.11 Å². The molecule has 5 rings (SSSR count). The molecule has 0 aromatic heterocycles. The number of anilines is 2. The standard InChI is InChI=1S/C30H26N2O3/c1-21-12-18-25(19-13-21)32-28(23-14-16-24(17-15-23)30(34)35-2)31(20-22-8-4-3-5-9-22)27-11-7-6-10-26(27)29(32)33/h3-19,28H,20H2,1-2H3/t28-/m1/s1. The minimum absolute atomic E-state index is 0.0594. The first-order chi connectivity index (χ1) is 17.1. The number of hydrogen-bond donors (Lipinski definition) is 0. The molecule has 1 aliphatic heterocycles. The normalized spacial score (nSPS) is 15.0. The molecule has 0 radical (unpaired) electrons. The predicted octanol–water partition coefficient (Wildman–Crippen LogP) is 6.15. The van der Waals surface area contributed by atoms with Crippen molar-refractivity contribution < 1.29 is 14.3 Å². The first-order valence-corrected chi connectivity index (χ1v) is 11.5. The summed E-state index contributed by atoms with van der Waals surface area (Å²) in [7, 11) is 1.37. The van der Waals surface area contributed by atoms with E-state index in [9.17, 15) is 9.59 Å². The second-order valence-electron chi connectivity index (χ2n) is 8.63. The van der Waals surface area contributed by atoms with Gasteiger partial charge in [-0.15, -0.1) is 0 Å². The first kappa shape index (κ1) is 22.4. The average Bonchev–Trinajstić information content (AvgIpc) is 2.91. The Balaban J connectivity index is 1.69. The highest BCUT2D eigenvalue weighted by Gasteiger charge is 2.39. The number of amides is 1. The highest BCUT2D eigenvalue weighted by molar-refractivity contribution is 6.12. The Morgan fingerprint density at radius 1 is 0.829 bits per heavy atom. The molecule has 0 aliphatic carbocycles. The lowest BCUT2D eigenvalue weighted by atomic mass is 9.98. The average molecular weight is 463 g/mol. The Morgan fingerprint density at radius 3 is 2.17 bits per heavy atom. The Morgan fingerprint density at radius 2 is 1.49 bits per heavy atom. The molecule has 0 saturated heterocycles. The van der Waals surface area contributed by atoms with Crippen LogP contribution in [0.4, 0.5) is 11.4 Å². The fourth-order valence-corrected chi connectivity index (χ4v) is 4.57. The van der Waals surface area contributed by atoms with Crippen molar-refractivity contribution in [2.75, 3.05) is 16.9 Å². The van der Waals surface area contributed by atoms with Crippen molar-refractivity contribution in [3.63, 3.8) is 0 Å². The zero-order valence-corrected chi connectivity index (χ0v) is 19.7. The van der Waals surface area contributed by atoms with Gasteiger partial charge in [-0.3, -0.25) is 9.69 Å². The fraction of sp³-hybridized carbons (Fsp3) is 0.133. The molecule has 4 aromatic rings. The monoisotopic (exact) mass is 462 g/mol. The van der Waals surface area contributed by atoms with Crippen LogP contribution in [0.15, 0.2) is 103 Å². The van der Waals surface area contributed by atoms with Crippen LogP contribution in [0, 0.1) is 6.92 Å². The van der Waals surface area contributed by atoms with E-state index in [0.717, 1.165) is 28.1 Å². The quantitative estimate of drug-likeness (QED) is 0.334. The molecular weight excluding hydrogens is 436 g/mol. The van der Waals surface area contributed by atoms with Crippen LogP contribution in [-0.4, -0.2) is 19.0 Å². The molecule has 0 fully saturated rings. The molecule has 5 nitrogen and oxygen atoms in total. The van der Waals surface area contributed by atoms with Gasteiger partial charge in [0.05, 0.1) is 23.9 Å². The lowest BCUT2D eigenvalue weighted by Crippen LogP contribution is -2.49. The zero-order chi connectivity index (χ0) is 24.4. The molecule has 0 spiro atoms. The lowest BCUT2D eigenvalue weighted by Gasteiger charge is -2.46. The summed E-state index contributed by atoms with van der Waals surface area (Å²) in [6, 6.07) is 33.3. The number of para-hydroxylation sites is 1. The van der Waals surface area contributed by atoms with E-state index in [-0.39, 0.29) is 5.91 Å². The van der Waals surface area contributed by atoms with Gasteiger partial charge in [-0.2, -0.15) is 0 Å². The van der Waals surface area contributed by atoms with Gasteiger partial charge in [-0.25, -0.2) is 4.79 Å². The van der Waals surface area contributed by atoms with Crippen molar-refractivity contribution in [3.8, 4) is 0 Å². The van der Waals surface area contributed by atoms with Crippen LogP contribution in [-0.2, 0) is 11.3 Å². The molecule has 174 valence electrons. The molecular formula is C30H26N2O3. The second-order valence-corrected chi connectivity index (χ2v) is 8.63. The van der Waals surface area contributed by atoms with Crippen LogP contribution in [0.2, 0.25) is 0 Å². The topological polar surface area (TPSA) is 49.9 Å². The summed E-state index contributed by atoms with van der Waals surface area (Å²) in [4.78, 5) is 30.1. The minimum Gasteiger partial charge on any atom is -0.465 e. The predicted molar refractivity (Wildman–Crippen MR) is 138 cm³/mol. The fourth-order valence-electron chi connectivity index (χ4n) is 4.57. The molecule has 1 amide bonds. The van der Waals surface area contributed by atoms with E-state index in [0.29, 0.717) is 17.7 Å². The molecule has 1 atom stereocenters. The number of aryl methyl sites for hydroxylation is 1. The van der Waals surface area contributed by atoms with Crippen molar-refractivity contribution >= 4 is 23.3 Å². The summed E-state index contributed by atoms with van der Waals surface area (Å²) in [6.07, 6.45) is -0.410. The molecule has 0 bridgehead atoms. The van der Waals surface area contributed by atoms with Gasteiger partial charge in [-0.1, -0.05) is 72.3 Å². The van der Waals surface area contributed by atoms with Crippen LogP contribution in [0.5, 0.6) is 0 Å². The Hall–Kier alpha value is -4.38. The van der Waals surface area contributed by atoms with Gasteiger partial charge in [0.1, 0.15) is 6.17 Å². The van der Waals surface area contributed by atoms with Crippen LogP contribution in [0.25, 0.3) is 0 Å². The molecule has 1 aliphatic rings. The second kappa shape index (κ2) is 9.47. The third-order valence-corrected chi connectivity index (χ3v) is 6.34. The minimum atomic E-state index is -0.410. The summed E-state index contributed by atoms with van der Waals surface area (Å²) >= 11 is 0. The zero-order valence-electron chi connectivity index (χ0n) is 19.7. The number of hydrogen-bond acceptors (Lipinski definition) is 4. The van der Waals surface area contributed by atoms with Gasteiger partial charge in [0.2, 0.25) is 0 Å². The van der Waals surface area contributed by atoms with Crippen LogP contribution in [0.3, 0.4) is 0 Å². The number of methoxy groups -OCH3 is 1. The van der Waals surface area contributed by atoms with E-state index in [4.69, 9.17) is 4.74 Å². The van der Waals surface area contributed by atoms with Gasteiger partial charge in [0, 0.05) is 12.2 Å². The molecule has 4 aromatic carbocycles. The highest BCUT2D eigenvalue weighted by Crippen LogP contribution is 2.42. The smallest absolute Gasteiger partial charge is 0.337 e. The molecule has 1 heterocycles. The number of esters is 1. The molecule has 0 unspecified atom stereocenters. The van der Waals surface area contributed by atoms with Gasteiger partial charge in [0.25, 0.3) is 5.91 Å². The summed E-state index contributed by atoms with van der Waals surface area (Å²) in [5, 5.41) is 0. The summed E-state index contributed by atoms with van der Waals surface area (Å²) in [5.41, 5.74) is 5.98. The van der Waals surface area contributed by atoms with E-state index in [1.54, 1.807) is 12.1 Å². The summed E-state index contributed by atoms with van der Waals surface area (Å²) in [5.74, 6) is -0.450. The van der Waals surface area contributed by atoms with Crippen molar-refractivity contribution in [3.05, 3.63) is 131 Å². The lowest BCUT2D eigenvalue weighted by molar-refractivity contribution is 0.0600. The largest absolute Gasteiger partial charge is 0.465 e. The van der Waals surface area contributed by atoms with Crippen molar-refractivity contribution in [1.29, 1.82) is 0 Å². The van der Waals surface area contributed by atoms with Crippen LogP contribution < -0.4 is 9.80 Å². The number of rotatable bonds is 5. The number of nitrogens with zero attached hydrogens (tertiary/aromatic N) is 2. The molecule has 0 N–H and O–H groups in total. The molecule has 35 heavy (non-hydrogen) atoms. The van der Waals surface area contributed by atoms with Gasteiger partial charge in [-0.05, 0) is 54.4 Å². The Bertz CT molecular complexity index is 1350. The maximum atomic E-state index is 13.9. The van der Waals surface area contributed by atoms with Gasteiger partial charge in [0.15, 0.2) is 0 Å². The number of benzene rings is 4. The third kappa shape index (κ3) is 4.28. The van der Waals surface area contributed by atoms with Gasteiger partial charge < -0.3 is 9.64 Å². The van der Waals surface area contributed by atoms with Crippen molar-refractivity contribution in [1.82, 2.24) is 0 Å².